The van der Waals surface area contributed by atoms with E-state index < -0.39 is 0 Å². The van der Waals surface area contributed by atoms with Crippen molar-refractivity contribution in [3.05, 3.63) is 88.6 Å². The summed E-state index contributed by atoms with van der Waals surface area (Å²) >= 11 is 0. The number of benzene rings is 2. The molecule has 0 unspecified atom stereocenters. The van der Waals surface area contributed by atoms with Crippen molar-refractivity contribution in [1.82, 2.24) is 4.98 Å². The van der Waals surface area contributed by atoms with E-state index in [1.165, 1.54) is 11.1 Å². The summed E-state index contributed by atoms with van der Waals surface area (Å²) in [5, 5.41) is 3.06. The molecule has 2 aromatic carbocycles. The first-order valence-electron chi connectivity index (χ1n) is 9.27. The SMILES string of the molecule is Cc1ccc(C)c(NC(=O)c2cccnc2N2CCc3ccccc3C2)c1. The molecule has 4 nitrogen and oxygen atoms in total. The van der Waals surface area contributed by atoms with E-state index in [0.29, 0.717) is 5.56 Å². The van der Waals surface area contributed by atoms with Crippen molar-refractivity contribution in [3.63, 3.8) is 0 Å². The normalized spacial score (nSPS) is 13.2. The van der Waals surface area contributed by atoms with Gasteiger partial charge in [0.1, 0.15) is 5.82 Å². The van der Waals surface area contributed by atoms with Gasteiger partial charge in [-0.3, -0.25) is 4.79 Å². The van der Waals surface area contributed by atoms with E-state index in [0.717, 1.165) is 42.1 Å². The first-order valence-corrected chi connectivity index (χ1v) is 9.27. The van der Waals surface area contributed by atoms with Gasteiger partial charge in [0, 0.05) is 25.0 Å². The maximum atomic E-state index is 13.0. The number of fused-ring (bicyclic) bond motifs is 1. The topological polar surface area (TPSA) is 45.2 Å². The number of aryl methyl sites for hydroxylation is 2. The maximum absolute atomic E-state index is 13.0. The lowest BCUT2D eigenvalue weighted by Gasteiger charge is -2.30. The number of hydrogen-bond acceptors (Lipinski definition) is 3. The molecule has 1 aliphatic heterocycles. The van der Waals surface area contributed by atoms with E-state index in [4.69, 9.17) is 0 Å². The monoisotopic (exact) mass is 357 g/mol. The molecule has 0 atom stereocenters. The van der Waals surface area contributed by atoms with Gasteiger partial charge in [0.05, 0.1) is 5.56 Å². The number of amides is 1. The Balaban J connectivity index is 1.62. The molecule has 0 fully saturated rings. The largest absolute Gasteiger partial charge is 0.351 e. The van der Waals surface area contributed by atoms with Crippen LogP contribution in [0.3, 0.4) is 0 Å². The molecule has 0 bridgehead atoms. The molecule has 136 valence electrons. The molecule has 4 rings (SSSR count). The minimum atomic E-state index is -0.120. The molecule has 3 aromatic rings. The third-order valence-corrected chi connectivity index (χ3v) is 5.10. The van der Waals surface area contributed by atoms with Gasteiger partial charge in [0.25, 0.3) is 5.91 Å². The van der Waals surface area contributed by atoms with Crippen LogP contribution in [-0.4, -0.2) is 17.4 Å². The first kappa shape index (κ1) is 17.3. The van der Waals surface area contributed by atoms with Gasteiger partial charge in [0.2, 0.25) is 0 Å². The van der Waals surface area contributed by atoms with Crippen LogP contribution in [0.4, 0.5) is 11.5 Å². The third kappa shape index (κ3) is 3.56. The van der Waals surface area contributed by atoms with E-state index in [1.54, 1.807) is 6.20 Å². The van der Waals surface area contributed by atoms with Crippen molar-refractivity contribution in [2.75, 3.05) is 16.8 Å². The van der Waals surface area contributed by atoms with Gasteiger partial charge in [-0.2, -0.15) is 0 Å². The van der Waals surface area contributed by atoms with Crippen molar-refractivity contribution in [2.24, 2.45) is 0 Å². The highest BCUT2D eigenvalue weighted by atomic mass is 16.1. The van der Waals surface area contributed by atoms with E-state index in [1.807, 2.05) is 44.2 Å². The van der Waals surface area contributed by atoms with Crippen LogP contribution in [0, 0.1) is 13.8 Å². The van der Waals surface area contributed by atoms with Crippen LogP contribution in [0.5, 0.6) is 0 Å². The maximum Gasteiger partial charge on any atom is 0.259 e. The number of hydrogen-bond donors (Lipinski definition) is 1. The van der Waals surface area contributed by atoms with Crippen molar-refractivity contribution in [2.45, 2.75) is 26.8 Å². The second-order valence-corrected chi connectivity index (χ2v) is 7.09. The standard InChI is InChI=1S/C23H23N3O/c1-16-9-10-17(2)21(14-16)25-23(27)20-8-5-12-24-22(20)26-13-11-18-6-3-4-7-19(18)15-26/h3-10,12,14H,11,13,15H2,1-2H3,(H,25,27). The van der Waals surface area contributed by atoms with E-state index in [9.17, 15) is 4.79 Å². The van der Waals surface area contributed by atoms with Crippen LogP contribution < -0.4 is 10.2 Å². The van der Waals surface area contributed by atoms with Gasteiger partial charge in [-0.05, 0) is 60.7 Å². The molecule has 0 radical (unpaired) electrons. The Hall–Kier alpha value is -3.14. The highest BCUT2D eigenvalue weighted by molar-refractivity contribution is 6.07. The molecule has 1 amide bonds. The van der Waals surface area contributed by atoms with Crippen molar-refractivity contribution >= 4 is 17.4 Å². The Morgan fingerprint density at radius 1 is 1.04 bits per heavy atom. The molecular weight excluding hydrogens is 334 g/mol. The van der Waals surface area contributed by atoms with Crippen LogP contribution in [-0.2, 0) is 13.0 Å². The Kier molecular flexibility index (Phi) is 4.63. The summed E-state index contributed by atoms with van der Waals surface area (Å²) in [7, 11) is 0. The Bertz CT molecular complexity index is 996. The summed E-state index contributed by atoms with van der Waals surface area (Å²) in [5.74, 6) is 0.625. The average molecular weight is 357 g/mol. The summed E-state index contributed by atoms with van der Waals surface area (Å²) in [6.45, 7) is 5.66. The van der Waals surface area contributed by atoms with Gasteiger partial charge in [-0.1, -0.05) is 36.4 Å². The number of anilines is 2. The third-order valence-electron chi connectivity index (χ3n) is 5.10. The van der Waals surface area contributed by atoms with Gasteiger partial charge in [-0.15, -0.1) is 0 Å². The van der Waals surface area contributed by atoms with E-state index in [-0.39, 0.29) is 5.91 Å². The van der Waals surface area contributed by atoms with Crippen LogP contribution in [0.2, 0.25) is 0 Å². The number of aromatic nitrogens is 1. The second-order valence-electron chi connectivity index (χ2n) is 7.09. The van der Waals surface area contributed by atoms with Crippen molar-refractivity contribution < 1.29 is 4.79 Å². The van der Waals surface area contributed by atoms with Crippen LogP contribution in [0.1, 0.15) is 32.6 Å². The predicted molar refractivity (Wildman–Crippen MR) is 109 cm³/mol. The number of carbonyl (C=O) groups is 1. The molecule has 1 aromatic heterocycles. The lowest BCUT2D eigenvalue weighted by atomic mass is 9.99. The molecule has 4 heteroatoms. The van der Waals surface area contributed by atoms with Crippen LogP contribution in [0.25, 0.3) is 0 Å². The zero-order valence-electron chi connectivity index (χ0n) is 15.7. The average Bonchev–Trinajstić information content (AvgIpc) is 2.70. The fourth-order valence-corrected chi connectivity index (χ4v) is 3.56. The van der Waals surface area contributed by atoms with Gasteiger partial charge in [0.15, 0.2) is 0 Å². The minimum absolute atomic E-state index is 0.120. The van der Waals surface area contributed by atoms with Gasteiger partial charge in [-0.25, -0.2) is 4.98 Å². The summed E-state index contributed by atoms with van der Waals surface area (Å²) in [4.78, 5) is 19.7. The summed E-state index contributed by atoms with van der Waals surface area (Å²) in [6.07, 6.45) is 2.72. The number of pyridine rings is 1. The number of carbonyl (C=O) groups excluding carboxylic acids is 1. The molecule has 0 aliphatic carbocycles. The highest BCUT2D eigenvalue weighted by Gasteiger charge is 2.22. The number of rotatable bonds is 3. The molecule has 1 aliphatic rings. The van der Waals surface area contributed by atoms with Crippen molar-refractivity contribution in [1.29, 1.82) is 0 Å². The lowest BCUT2D eigenvalue weighted by molar-refractivity contribution is 0.102. The number of nitrogens with one attached hydrogen (secondary N) is 1. The molecule has 0 spiro atoms. The van der Waals surface area contributed by atoms with Gasteiger partial charge < -0.3 is 10.2 Å². The Morgan fingerprint density at radius 3 is 2.70 bits per heavy atom. The fourth-order valence-electron chi connectivity index (χ4n) is 3.56. The summed E-state index contributed by atoms with van der Waals surface area (Å²) in [6, 6.07) is 18.2. The zero-order valence-corrected chi connectivity index (χ0v) is 15.7. The molecule has 0 saturated carbocycles. The molecule has 0 saturated heterocycles. The van der Waals surface area contributed by atoms with Gasteiger partial charge >= 0.3 is 0 Å². The summed E-state index contributed by atoms with van der Waals surface area (Å²) in [5.41, 5.74) is 6.30. The first-order chi connectivity index (χ1) is 13.1. The quantitative estimate of drug-likeness (QED) is 0.750. The Morgan fingerprint density at radius 2 is 1.85 bits per heavy atom. The van der Waals surface area contributed by atoms with E-state index in [2.05, 4.69) is 39.5 Å². The van der Waals surface area contributed by atoms with E-state index >= 15 is 0 Å². The second kappa shape index (κ2) is 7.23. The Labute approximate surface area is 159 Å². The molecule has 27 heavy (non-hydrogen) atoms. The summed E-state index contributed by atoms with van der Waals surface area (Å²) < 4.78 is 0. The molecule has 1 N–H and O–H groups in total. The van der Waals surface area contributed by atoms with Crippen LogP contribution in [0.15, 0.2) is 60.8 Å². The zero-order chi connectivity index (χ0) is 18.8. The predicted octanol–water partition coefficient (Wildman–Crippen LogP) is 4.51. The molecule has 2 heterocycles. The molecular formula is C23H23N3O. The van der Waals surface area contributed by atoms with Crippen molar-refractivity contribution in [3.8, 4) is 0 Å². The van der Waals surface area contributed by atoms with Crippen LogP contribution >= 0.6 is 0 Å². The lowest BCUT2D eigenvalue weighted by Crippen LogP contribution is -2.32. The fraction of sp³-hybridized carbons (Fsp3) is 0.217. The number of nitrogens with zero attached hydrogens (tertiary/aromatic N) is 2. The minimum Gasteiger partial charge on any atom is -0.351 e. The highest BCUT2D eigenvalue weighted by Crippen LogP contribution is 2.26. The smallest absolute Gasteiger partial charge is 0.259 e.